The van der Waals surface area contributed by atoms with Gasteiger partial charge in [0.05, 0.1) is 12.2 Å². The second-order valence-corrected chi connectivity index (χ2v) is 9.35. The molecule has 0 bridgehead atoms. The van der Waals surface area contributed by atoms with Crippen molar-refractivity contribution in [3.63, 3.8) is 0 Å². The number of hydrogen-bond donors (Lipinski definition) is 0. The van der Waals surface area contributed by atoms with Gasteiger partial charge < -0.3 is 14.2 Å². The number of benzene rings is 5. The largest absolute Gasteiger partial charge is 0.494 e. The zero-order chi connectivity index (χ0) is 27.2. The summed E-state index contributed by atoms with van der Waals surface area (Å²) in [6.07, 6.45) is 3.20. The lowest BCUT2D eigenvalue weighted by atomic mass is 9.94. The topological polar surface area (TPSA) is 61.8 Å². The van der Waals surface area contributed by atoms with Crippen LogP contribution in [0.2, 0.25) is 0 Å². The normalized spacial score (nSPS) is 11.8. The minimum absolute atomic E-state index is 0.152. The van der Waals surface area contributed by atoms with E-state index in [4.69, 9.17) is 14.2 Å². The summed E-state index contributed by atoms with van der Waals surface area (Å²) in [7, 11) is 0. The number of carbonyl (C=O) groups is 2. The molecule has 0 aromatic heterocycles. The third kappa shape index (κ3) is 5.63. The Morgan fingerprint density at radius 2 is 1.38 bits per heavy atom. The second-order valence-electron chi connectivity index (χ2n) is 9.35. The third-order valence-electron chi connectivity index (χ3n) is 6.87. The van der Waals surface area contributed by atoms with Gasteiger partial charge in [-0.3, -0.25) is 0 Å². The monoisotopic (exact) mass is 518 g/mol. The molecule has 0 radical (unpaired) electrons. The van der Waals surface area contributed by atoms with E-state index in [1.54, 1.807) is 24.3 Å². The van der Waals surface area contributed by atoms with Gasteiger partial charge >= 0.3 is 11.9 Å². The molecule has 5 heteroatoms. The van der Waals surface area contributed by atoms with E-state index in [0.29, 0.717) is 30.1 Å². The van der Waals surface area contributed by atoms with E-state index < -0.39 is 11.9 Å². The fourth-order valence-electron chi connectivity index (χ4n) is 4.91. The Hall–Kier alpha value is -4.64. The van der Waals surface area contributed by atoms with Crippen LogP contribution in [-0.2, 0) is 9.53 Å². The van der Waals surface area contributed by atoms with Crippen molar-refractivity contribution in [2.75, 3.05) is 6.61 Å². The van der Waals surface area contributed by atoms with E-state index in [1.807, 2.05) is 43.3 Å². The average molecular weight is 519 g/mol. The molecule has 0 saturated heterocycles. The van der Waals surface area contributed by atoms with Gasteiger partial charge in [0.25, 0.3) is 0 Å². The summed E-state index contributed by atoms with van der Waals surface area (Å²) in [6.45, 7) is 5.88. The molecule has 0 N–H and O–H groups in total. The summed E-state index contributed by atoms with van der Waals surface area (Å²) in [5, 5.41) is 6.42. The fraction of sp³-hybridized carbons (Fsp3) is 0.176. The molecule has 0 aliphatic heterocycles. The van der Waals surface area contributed by atoms with Gasteiger partial charge in [0, 0.05) is 11.5 Å². The first-order valence-electron chi connectivity index (χ1n) is 13.2. The summed E-state index contributed by atoms with van der Waals surface area (Å²) in [4.78, 5) is 24.5. The molecule has 5 nitrogen and oxygen atoms in total. The predicted molar refractivity (Wildman–Crippen MR) is 155 cm³/mol. The molecule has 0 aliphatic rings. The molecule has 5 aromatic rings. The van der Waals surface area contributed by atoms with Crippen LogP contribution in [-0.4, -0.2) is 24.6 Å². The highest BCUT2D eigenvalue weighted by molar-refractivity contribution is 6.27. The summed E-state index contributed by atoms with van der Waals surface area (Å²) < 4.78 is 17.1. The van der Waals surface area contributed by atoms with Gasteiger partial charge in [-0.25, -0.2) is 9.59 Å². The van der Waals surface area contributed by atoms with Crippen molar-refractivity contribution in [2.45, 2.75) is 32.3 Å². The fourth-order valence-corrected chi connectivity index (χ4v) is 4.91. The van der Waals surface area contributed by atoms with E-state index in [-0.39, 0.29) is 6.10 Å². The number of rotatable bonds is 10. The second kappa shape index (κ2) is 11.8. The van der Waals surface area contributed by atoms with Crippen molar-refractivity contribution >= 4 is 44.3 Å². The molecule has 0 spiro atoms. The number of carbonyl (C=O) groups excluding carboxylic acids is 2. The molecule has 5 aromatic carbocycles. The first-order valence-corrected chi connectivity index (χ1v) is 13.2. The van der Waals surface area contributed by atoms with Crippen LogP contribution < -0.4 is 9.47 Å². The van der Waals surface area contributed by atoms with Gasteiger partial charge in [0.15, 0.2) is 0 Å². The SMILES string of the molecule is C=CC(=O)OC(CC)CCCOc1ccc(C(=O)Oc2cccc3c4ccccc4c4ccccc4c23)cc1. The minimum atomic E-state index is -0.430. The summed E-state index contributed by atoms with van der Waals surface area (Å²) >= 11 is 0. The molecule has 0 heterocycles. The molecule has 1 atom stereocenters. The molecule has 1 unspecified atom stereocenters. The number of esters is 2. The van der Waals surface area contributed by atoms with E-state index in [2.05, 4.69) is 36.9 Å². The van der Waals surface area contributed by atoms with Crippen LogP contribution in [0.1, 0.15) is 36.5 Å². The van der Waals surface area contributed by atoms with E-state index in [9.17, 15) is 9.59 Å². The first kappa shape index (κ1) is 26.0. The van der Waals surface area contributed by atoms with E-state index >= 15 is 0 Å². The summed E-state index contributed by atoms with van der Waals surface area (Å²) in [5.74, 6) is 0.351. The zero-order valence-electron chi connectivity index (χ0n) is 21.9. The van der Waals surface area contributed by atoms with Crippen LogP contribution in [0.15, 0.2) is 104 Å². The van der Waals surface area contributed by atoms with Gasteiger partial charge in [0.1, 0.15) is 17.6 Å². The zero-order valence-corrected chi connectivity index (χ0v) is 21.9. The molecule has 5 rings (SSSR count). The summed E-state index contributed by atoms with van der Waals surface area (Å²) in [6, 6.07) is 29.3. The predicted octanol–water partition coefficient (Wildman–Crippen LogP) is 8.03. The molecule has 196 valence electrons. The maximum atomic E-state index is 13.1. The maximum Gasteiger partial charge on any atom is 0.343 e. The number of ether oxygens (including phenoxy) is 3. The Morgan fingerprint density at radius 1 is 0.795 bits per heavy atom. The van der Waals surface area contributed by atoms with Gasteiger partial charge in [-0.1, -0.05) is 74.2 Å². The Kier molecular flexibility index (Phi) is 7.88. The van der Waals surface area contributed by atoms with Crippen LogP contribution in [0.5, 0.6) is 11.5 Å². The average Bonchev–Trinajstić information content (AvgIpc) is 2.99. The van der Waals surface area contributed by atoms with Crippen molar-refractivity contribution in [1.29, 1.82) is 0 Å². The summed E-state index contributed by atoms with van der Waals surface area (Å²) in [5.41, 5.74) is 0.437. The highest BCUT2D eigenvalue weighted by atomic mass is 16.5. The van der Waals surface area contributed by atoms with Crippen molar-refractivity contribution in [3.05, 3.63) is 109 Å². The lowest BCUT2D eigenvalue weighted by molar-refractivity contribution is -0.143. The number of fused-ring (bicyclic) bond motifs is 6. The van der Waals surface area contributed by atoms with Gasteiger partial charge in [-0.05, 0) is 76.5 Å². The maximum absolute atomic E-state index is 13.1. The highest BCUT2D eigenvalue weighted by Gasteiger charge is 2.16. The molecule has 0 fully saturated rings. The van der Waals surface area contributed by atoms with Crippen LogP contribution in [0.25, 0.3) is 32.3 Å². The minimum Gasteiger partial charge on any atom is -0.494 e. The Balaban J connectivity index is 1.30. The van der Waals surface area contributed by atoms with Crippen LogP contribution in [0.3, 0.4) is 0 Å². The molecule has 0 amide bonds. The van der Waals surface area contributed by atoms with Crippen molar-refractivity contribution in [3.8, 4) is 11.5 Å². The van der Waals surface area contributed by atoms with E-state index in [1.165, 1.54) is 11.5 Å². The van der Waals surface area contributed by atoms with Crippen molar-refractivity contribution < 1.29 is 23.8 Å². The first-order chi connectivity index (χ1) is 19.1. The van der Waals surface area contributed by atoms with Crippen LogP contribution >= 0.6 is 0 Å². The Bertz CT molecular complexity index is 1610. The molecular weight excluding hydrogens is 488 g/mol. The molecular formula is C34H30O5. The molecule has 0 aliphatic carbocycles. The standard InChI is InChI=1S/C34H30O5/c1-3-24(38-32(35)4-2)11-10-22-37-25-20-18-23(19-21-25)34(36)39-31-17-9-16-30-28-13-6-5-12-26(28)27-14-7-8-15-29(27)33(30)31/h4-9,12-21,24H,2-3,10-11,22H2,1H3. The van der Waals surface area contributed by atoms with Crippen LogP contribution in [0, 0.1) is 0 Å². The van der Waals surface area contributed by atoms with Gasteiger partial charge in [0.2, 0.25) is 0 Å². The highest BCUT2D eigenvalue weighted by Crippen LogP contribution is 2.39. The molecule has 39 heavy (non-hydrogen) atoms. The lowest BCUT2D eigenvalue weighted by Crippen LogP contribution is -2.16. The van der Waals surface area contributed by atoms with Gasteiger partial charge in [-0.15, -0.1) is 0 Å². The Labute approximate surface area is 227 Å². The van der Waals surface area contributed by atoms with Gasteiger partial charge in [-0.2, -0.15) is 0 Å². The third-order valence-corrected chi connectivity index (χ3v) is 6.87. The van der Waals surface area contributed by atoms with Crippen molar-refractivity contribution in [2.24, 2.45) is 0 Å². The molecule has 0 saturated carbocycles. The quantitative estimate of drug-likeness (QED) is 0.0616. The van der Waals surface area contributed by atoms with Crippen LogP contribution in [0.4, 0.5) is 0 Å². The lowest BCUT2D eigenvalue weighted by Gasteiger charge is -2.15. The van der Waals surface area contributed by atoms with E-state index in [0.717, 1.165) is 39.8 Å². The number of hydrogen-bond acceptors (Lipinski definition) is 5. The smallest absolute Gasteiger partial charge is 0.343 e. The Morgan fingerprint density at radius 3 is 2.00 bits per heavy atom. The van der Waals surface area contributed by atoms with Crippen molar-refractivity contribution in [1.82, 2.24) is 0 Å².